The summed E-state index contributed by atoms with van der Waals surface area (Å²) < 4.78 is 10.9. The molecule has 0 fully saturated rings. The van der Waals surface area contributed by atoms with Gasteiger partial charge < -0.3 is 19.9 Å². The van der Waals surface area contributed by atoms with Crippen molar-refractivity contribution in [2.45, 2.75) is 6.54 Å². The van der Waals surface area contributed by atoms with Gasteiger partial charge in [0.15, 0.2) is 0 Å². The van der Waals surface area contributed by atoms with Gasteiger partial charge in [-0.3, -0.25) is 0 Å². The topological polar surface area (TPSA) is 50.7 Å². The molecule has 4 nitrogen and oxygen atoms in total. The van der Waals surface area contributed by atoms with Gasteiger partial charge in [0.05, 0.1) is 13.7 Å². The van der Waals surface area contributed by atoms with Crippen LogP contribution in [0.1, 0.15) is 5.56 Å². The van der Waals surface area contributed by atoms with Crippen molar-refractivity contribution in [3.63, 3.8) is 0 Å². The zero-order valence-electron chi connectivity index (χ0n) is 11.5. The summed E-state index contributed by atoms with van der Waals surface area (Å²) in [6, 6.07) is 15.4. The highest BCUT2D eigenvalue weighted by Gasteiger charge is 2.00. The summed E-state index contributed by atoms with van der Waals surface area (Å²) in [5.74, 6) is 2.30. The molecular formula is C16H19NO3. The van der Waals surface area contributed by atoms with Crippen molar-refractivity contribution in [1.29, 1.82) is 0 Å². The highest BCUT2D eigenvalue weighted by atomic mass is 16.5. The lowest BCUT2D eigenvalue weighted by Gasteiger charge is -2.08. The Morgan fingerprint density at radius 3 is 2.45 bits per heavy atom. The van der Waals surface area contributed by atoms with E-state index in [2.05, 4.69) is 5.32 Å². The third-order valence-corrected chi connectivity index (χ3v) is 2.82. The van der Waals surface area contributed by atoms with Crippen molar-refractivity contribution in [3.8, 4) is 17.2 Å². The molecule has 2 aromatic rings. The van der Waals surface area contributed by atoms with Crippen LogP contribution in [0.15, 0.2) is 48.5 Å². The number of benzene rings is 2. The van der Waals surface area contributed by atoms with Gasteiger partial charge >= 0.3 is 0 Å². The number of hydrogen-bond donors (Lipinski definition) is 2. The third-order valence-electron chi connectivity index (χ3n) is 2.82. The summed E-state index contributed by atoms with van der Waals surface area (Å²) >= 11 is 0. The monoisotopic (exact) mass is 273 g/mol. The van der Waals surface area contributed by atoms with Crippen LogP contribution in [-0.2, 0) is 6.54 Å². The van der Waals surface area contributed by atoms with E-state index in [0.717, 1.165) is 29.4 Å². The maximum atomic E-state index is 8.70. The Labute approximate surface area is 119 Å². The van der Waals surface area contributed by atoms with Gasteiger partial charge in [-0.25, -0.2) is 0 Å². The van der Waals surface area contributed by atoms with Gasteiger partial charge in [0.1, 0.15) is 17.2 Å². The average molecular weight is 273 g/mol. The normalized spacial score (nSPS) is 10.3. The van der Waals surface area contributed by atoms with E-state index in [9.17, 15) is 0 Å². The molecule has 0 atom stereocenters. The fourth-order valence-corrected chi connectivity index (χ4v) is 1.79. The quantitative estimate of drug-likeness (QED) is 0.761. The first-order valence-electron chi connectivity index (χ1n) is 6.54. The fourth-order valence-electron chi connectivity index (χ4n) is 1.79. The van der Waals surface area contributed by atoms with Crippen LogP contribution in [0, 0.1) is 0 Å². The molecule has 0 spiro atoms. The Balaban J connectivity index is 1.95. The van der Waals surface area contributed by atoms with E-state index in [1.807, 2.05) is 48.5 Å². The van der Waals surface area contributed by atoms with E-state index in [4.69, 9.17) is 14.6 Å². The molecule has 0 saturated carbocycles. The molecule has 4 heteroatoms. The van der Waals surface area contributed by atoms with Crippen molar-refractivity contribution < 1.29 is 14.6 Å². The van der Waals surface area contributed by atoms with E-state index >= 15 is 0 Å². The van der Waals surface area contributed by atoms with E-state index in [0.29, 0.717) is 6.54 Å². The molecule has 0 saturated heterocycles. The Bertz CT molecular complexity index is 526. The summed E-state index contributed by atoms with van der Waals surface area (Å²) in [5, 5.41) is 11.8. The van der Waals surface area contributed by atoms with Gasteiger partial charge in [0.2, 0.25) is 0 Å². The SMILES string of the molecule is COc1cccc(Oc2ccc(CNCCO)cc2)c1. The molecule has 106 valence electrons. The van der Waals surface area contributed by atoms with Crippen molar-refractivity contribution >= 4 is 0 Å². The molecule has 2 aromatic carbocycles. The number of aliphatic hydroxyl groups excluding tert-OH is 1. The van der Waals surface area contributed by atoms with Crippen LogP contribution >= 0.6 is 0 Å². The van der Waals surface area contributed by atoms with Crippen LogP contribution in [0.25, 0.3) is 0 Å². The molecule has 0 heterocycles. The molecule has 20 heavy (non-hydrogen) atoms. The number of aliphatic hydroxyl groups is 1. The second kappa shape index (κ2) is 7.53. The van der Waals surface area contributed by atoms with Gasteiger partial charge in [0.25, 0.3) is 0 Å². The lowest BCUT2D eigenvalue weighted by Crippen LogP contribution is -2.17. The predicted octanol–water partition coefficient (Wildman–Crippen LogP) is 2.57. The van der Waals surface area contributed by atoms with Crippen molar-refractivity contribution in [2.24, 2.45) is 0 Å². The molecule has 0 radical (unpaired) electrons. The zero-order chi connectivity index (χ0) is 14.2. The van der Waals surface area contributed by atoms with Gasteiger partial charge in [-0.1, -0.05) is 18.2 Å². The summed E-state index contributed by atoms with van der Waals surface area (Å²) in [5.41, 5.74) is 1.15. The lowest BCUT2D eigenvalue weighted by atomic mass is 10.2. The first-order chi connectivity index (χ1) is 9.81. The molecule has 0 unspecified atom stereocenters. The first-order valence-corrected chi connectivity index (χ1v) is 6.54. The average Bonchev–Trinajstić information content (AvgIpc) is 2.49. The smallest absolute Gasteiger partial charge is 0.131 e. The molecule has 0 bridgehead atoms. The zero-order valence-corrected chi connectivity index (χ0v) is 11.5. The summed E-state index contributed by atoms with van der Waals surface area (Å²) in [4.78, 5) is 0. The Hall–Kier alpha value is -2.04. The van der Waals surface area contributed by atoms with Crippen molar-refractivity contribution in [1.82, 2.24) is 5.32 Å². The van der Waals surface area contributed by atoms with E-state index in [-0.39, 0.29) is 6.61 Å². The third kappa shape index (κ3) is 4.26. The van der Waals surface area contributed by atoms with Crippen LogP contribution < -0.4 is 14.8 Å². The maximum absolute atomic E-state index is 8.70. The van der Waals surface area contributed by atoms with Gasteiger partial charge in [-0.05, 0) is 29.8 Å². The number of methoxy groups -OCH3 is 1. The standard InChI is InChI=1S/C16H19NO3/c1-19-15-3-2-4-16(11-15)20-14-7-5-13(6-8-14)12-17-9-10-18/h2-8,11,17-18H,9-10,12H2,1H3. The first kappa shape index (κ1) is 14.4. The summed E-state index contributed by atoms with van der Waals surface area (Å²) in [7, 11) is 1.63. The molecule has 2 N–H and O–H groups in total. The Morgan fingerprint density at radius 1 is 1.00 bits per heavy atom. The van der Waals surface area contributed by atoms with Crippen LogP contribution in [-0.4, -0.2) is 25.4 Å². The molecule has 0 aliphatic heterocycles. The summed E-state index contributed by atoms with van der Waals surface area (Å²) in [6.07, 6.45) is 0. The van der Waals surface area contributed by atoms with Crippen molar-refractivity contribution in [3.05, 3.63) is 54.1 Å². The minimum absolute atomic E-state index is 0.150. The predicted molar refractivity (Wildman–Crippen MR) is 78.3 cm³/mol. The highest BCUT2D eigenvalue weighted by Crippen LogP contribution is 2.25. The number of rotatable bonds is 7. The van der Waals surface area contributed by atoms with Gasteiger partial charge in [-0.15, -0.1) is 0 Å². The summed E-state index contributed by atoms with van der Waals surface area (Å²) in [6.45, 7) is 1.49. The highest BCUT2D eigenvalue weighted by molar-refractivity contribution is 5.37. The largest absolute Gasteiger partial charge is 0.497 e. The molecule has 0 aliphatic rings. The maximum Gasteiger partial charge on any atom is 0.131 e. The van der Waals surface area contributed by atoms with Gasteiger partial charge in [-0.2, -0.15) is 0 Å². The van der Waals surface area contributed by atoms with E-state index in [1.54, 1.807) is 7.11 Å². The van der Waals surface area contributed by atoms with Crippen LogP contribution in [0.2, 0.25) is 0 Å². The molecule has 2 rings (SSSR count). The number of ether oxygens (including phenoxy) is 2. The number of hydrogen-bond acceptors (Lipinski definition) is 4. The van der Waals surface area contributed by atoms with Crippen LogP contribution in [0.3, 0.4) is 0 Å². The van der Waals surface area contributed by atoms with Crippen LogP contribution in [0.4, 0.5) is 0 Å². The minimum Gasteiger partial charge on any atom is -0.497 e. The van der Waals surface area contributed by atoms with Crippen molar-refractivity contribution in [2.75, 3.05) is 20.3 Å². The minimum atomic E-state index is 0.150. The second-order valence-corrected chi connectivity index (χ2v) is 4.33. The molecule has 0 amide bonds. The Kier molecular flexibility index (Phi) is 5.41. The van der Waals surface area contributed by atoms with Crippen LogP contribution in [0.5, 0.6) is 17.2 Å². The molecular weight excluding hydrogens is 254 g/mol. The number of nitrogens with one attached hydrogen (secondary N) is 1. The molecule has 0 aromatic heterocycles. The Morgan fingerprint density at radius 2 is 1.75 bits per heavy atom. The van der Waals surface area contributed by atoms with E-state index < -0.39 is 0 Å². The fraction of sp³-hybridized carbons (Fsp3) is 0.250. The van der Waals surface area contributed by atoms with Gasteiger partial charge in [0, 0.05) is 19.2 Å². The van der Waals surface area contributed by atoms with E-state index in [1.165, 1.54) is 0 Å². The lowest BCUT2D eigenvalue weighted by molar-refractivity contribution is 0.292. The second-order valence-electron chi connectivity index (χ2n) is 4.33. The molecule has 0 aliphatic carbocycles.